The van der Waals surface area contributed by atoms with Gasteiger partial charge in [-0.05, 0) is 27.2 Å². The van der Waals surface area contributed by atoms with Gasteiger partial charge in [0.2, 0.25) is 0 Å². The zero-order chi connectivity index (χ0) is 11.5. The molecule has 1 aliphatic heterocycles. The summed E-state index contributed by atoms with van der Waals surface area (Å²) in [5, 5.41) is 0. The van der Waals surface area contributed by atoms with E-state index in [1.54, 1.807) is 0 Å². The molecule has 5 heteroatoms. The van der Waals surface area contributed by atoms with E-state index in [2.05, 4.69) is 4.72 Å². The zero-order valence-electron chi connectivity index (χ0n) is 9.54. The van der Waals surface area contributed by atoms with Gasteiger partial charge in [0, 0.05) is 17.8 Å². The summed E-state index contributed by atoms with van der Waals surface area (Å²) in [7, 11) is 0. The zero-order valence-corrected chi connectivity index (χ0v) is 10.4. The Morgan fingerprint density at radius 1 is 1.53 bits per heavy atom. The molecule has 0 aliphatic carbocycles. The highest BCUT2D eigenvalue weighted by Gasteiger charge is 2.44. The molecule has 1 heterocycles. The molecular weight excluding hydrogens is 214 g/mol. The lowest BCUT2D eigenvalue weighted by Gasteiger charge is -2.42. The average Bonchev–Trinajstić information content (AvgIpc) is 2.07. The maximum absolute atomic E-state index is 11.9. The minimum Gasteiger partial charge on any atom is -0.598 e. The van der Waals surface area contributed by atoms with Crippen molar-refractivity contribution in [3.05, 3.63) is 0 Å². The normalized spacial score (nSPS) is 21.9. The predicted molar refractivity (Wildman–Crippen MR) is 59.9 cm³/mol. The Morgan fingerprint density at radius 3 is 2.47 bits per heavy atom. The molecule has 15 heavy (non-hydrogen) atoms. The van der Waals surface area contributed by atoms with Gasteiger partial charge < -0.3 is 14.1 Å². The molecule has 0 saturated carbocycles. The lowest BCUT2D eigenvalue weighted by Crippen LogP contribution is -2.64. The van der Waals surface area contributed by atoms with Gasteiger partial charge in [-0.15, -0.1) is 4.72 Å². The molecule has 88 valence electrons. The van der Waals surface area contributed by atoms with Crippen molar-refractivity contribution in [3.8, 4) is 0 Å². The number of rotatable bonds is 5. The first-order valence-corrected chi connectivity index (χ1v) is 6.26. The van der Waals surface area contributed by atoms with Crippen molar-refractivity contribution in [1.82, 2.24) is 4.72 Å². The molecule has 0 aromatic carbocycles. The topological polar surface area (TPSA) is 61.4 Å². The van der Waals surface area contributed by atoms with E-state index in [0.29, 0.717) is 26.1 Å². The summed E-state index contributed by atoms with van der Waals surface area (Å²) < 4.78 is 19.8. The number of carbonyl (C=O) groups excluding carboxylic acids is 1. The molecule has 0 spiro atoms. The van der Waals surface area contributed by atoms with Crippen LogP contribution >= 0.6 is 0 Å². The lowest BCUT2D eigenvalue weighted by molar-refractivity contribution is -0.110. The Bertz CT molecular complexity index is 223. The molecule has 1 aliphatic rings. The Kier molecular flexibility index (Phi) is 4.17. The summed E-state index contributed by atoms with van der Waals surface area (Å²) in [6.07, 6.45) is 2.07. The van der Waals surface area contributed by atoms with Crippen LogP contribution in [0.1, 0.15) is 33.6 Å². The van der Waals surface area contributed by atoms with Gasteiger partial charge in [-0.2, -0.15) is 0 Å². The molecule has 0 aromatic rings. The van der Waals surface area contributed by atoms with Gasteiger partial charge in [-0.1, -0.05) is 0 Å². The Labute approximate surface area is 94.1 Å². The molecule has 4 nitrogen and oxygen atoms in total. The van der Waals surface area contributed by atoms with Crippen LogP contribution in [-0.2, 0) is 20.9 Å². The summed E-state index contributed by atoms with van der Waals surface area (Å²) in [4.78, 5) is 10.3. The number of aldehydes is 1. The van der Waals surface area contributed by atoms with E-state index in [9.17, 15) is 9.35 Å². The highest BCUT2D eigenvalue weighted by molar-refractivity contribution is 7.90. The summed E-state index contributed by atoms with van der Waals surface area (Å²) >= 11 is -1.10. The first-order valence-electron chi connectivity index (χ1n) is 5.11. The van der Waals surface area contributed by atoms with Crippen molar-refractivity contribution in [2.24, 2.45) is 0 Å². The van der Waals surface area contributed by atoms with Crippen LogP contribution in [-0.4, -0.2) is 34.3 Å². The van der Waals surface area contributed by atoms with E-state index >= 15 is 0 Å². The Balaban J connectivity index is 2.49. The molecule has 0 amide bonds. The molecule has 1 N–H and O–H groups in total. The van der Waals surface area contributed by atoms with Crippen LogP contribution in [0.25, 0.3) is 0 Å². The van der Waals surface area contributed by atoms with Crippen molar-refractivity contribution in [2.45, 2.75) is 43.9 Å². The first kappa shape index (κ1) is 13.0. The summed E-state index contributed by atoms with van der Waals surface area (Å²) in [6.45, 7) is 6.85. The smallest absolute Gasteiger partial charge is 0.136 e. The first-order chi connectivity index (χ1) is 6.90. The monoisotopic (exact) mass is 233 g/mol. The van der Waals surface area contributed by atoms with Gasteiger partial charge in [-0.25, -0.2) is 0 Å². The van der Waals surface area contributed by atoms with Gasteiger partial charge in [0.1, 0.15) is 16.6 Å². The van der Waals surface area contributed by atoms with Crippen LogP contribution in [0.5, 0.6) is 0 Å². The molecule has 0 bridgehead atoms. The van der Waals surface area contributed by atoms with E-state index in [-0.39, 0.29) is 10.3 Å². The standard InChI is InChI=1S/C10H19NO3S/c1-9(2,3)15(13)11-10(5-4-6-12)7-14-8-10/h6,11H,4-5,7-8H2,1-3H3. The highest BCUT2D eigenvalue weighted by Crippen LogP contribution is 2.26. The molecule has 1 unspecified atom stereocenters. The van der Waals surface area contributed by atoms with Crippen LogP contribution in [0.2, 0.25) is 0 Å². The quantitative estimate of drug-likeness (QED) is 0.563. The summed E-state index contributed by atoms with van der Waals surface area (Å²) in [6, 6.07) is 0. The van der Waals surface area contributed by atoms with Crippen LogP contribution in [0.3, 0.4) is 0 Å². The largest absolute Gasteiger partial charge is 0.598 e. The molecule has 1 fully saturated rings. The van der Waals surface area contributed by atoms with Gasteiger partial charge in [0.15, 0.2) is 0 Å². The van der Waals surface area contributed by atoms with E-state index in [4.69, 9.17) is 4.74 Å². The maximum atomic E-state index is 11.9. The van der Waals surface area contributed by atoms with E-state index in [0.717, 1.165) is 6.29 Å². The second-order valence-corrected chi connectivity index (χ2v) is 6.93. The van der Waals surface area contributed by atoms with Crippen LogP contribution < -0.4 is 4.72 Å². The molecule has 1 atom stereocenters. The molecule has 1 saturated heterocycles. The van der Waals surface area contributed by atoms with Crippen LogP contribution in [0.4, 0.5) is 0 Å². The van der Waals surface area contributed by atoms with Crippen molar-refractivity contribution in [1.29, 1.82) is 0 Å². The van der Waals surface area contributed by atoms with Crippen LogP contribution in [0, 0.1) is 0 Å². The second kappa shape index (κ2) is 4.82. The van der Waals surface area contributed by atoms with Crippen molar-refractivity contribution in [3.63, 3.8) is 0 Å². The van der Waals surface area contributed by atoms with Gasteiger partial charge >= 0.3 is 0 Å². The average molecular weight is 233 g/mol. The van der Waals surface area contributed by atoms with Gasteiger partial charge in [0.25, 0.3) is 0 Å². The lowest BCUT2D eigenvalue weighted by atomic mass is 9.93. The number of nitrogens with one attached hydrogen (secondary N) is 1. The third-order valence-corrected chi connectivity index (χ3v) is 4.09. The fourth-order valence-corrected chi connectivity index (χ4v) is 2.21. The van der Waals surface area contributed by atoms with E-state index in [1.165, 1.54) is 0 Å². The number of carbonyl (C=O) groups is 1. The van der Waals surface area contributed by atoms with Gasteiger partial charge in [0.05, 0.1) is 13.2 Å². The molecular formula is C10H19NO3S. The predicted octanol–water partition coefficient (Wildman–Crippen LogP) is 0.786. The van der Waals surface area contributed by atoms with Crippen molar-refractivity contribution >= 4 is 17.6 Å². The molecule has 1 rings (SSSR count). The Morgan fingerprint density at radius 2 is 2.13 bits per heavy atom. The third kappa shape index (κ3) is 3.45. The SMILES string of the molecule is CC(C)(C)[S+]([O-])NC1(CCC=O)COC1. The third-order valence-electron chi connectivity index (χ3n) is 2.36. The molecule has 0 aromatic heterocycles. The fraction of sp³-hybridized carbons (Fsp3) is 0.900. The summed E-state index contributed by atoms with van der Waals surface area (Å²) in [5.74, 6) is 0. The van der Waals surface area contributed by atoms with Crippen molar-refractivity contribution < 1.29 is 14.1 Å². The fourth-order valence-electron chi connectivity index (χ4n) is 1.29. The minimum absolute atomic E-state index is 0.251. The molecule has 0 radical (unpaired) electrons. The summed E-state index contributed by atoms with van der Waals surface area (Å²) in [5.41, 5.74) is -0.251. The minimum atomic E-state index is -1.10. The number of hydrogen-bond acceptors (Lipinski definition) is 4. The number of hydrogen-bond donors (Lipinski definition) is 1. The highest BCUT2D eigenvalue weighted by atomic mass is 32.2. The van der Waals surface area contributed by atoms with Crippen LogP contribution in [0.15, 0.2) is 0 Å². The van der Waals surface area contributed by atoms with Crippen molar-refractivity contribution in [2.75, 3.05) is 13.2 Å². The van der Waals surface area contributed by atoms with E-state index < -0.39 is 11.4 Å². The second-order valence-electron chi connectivity index (χ2n) is 4.96. The van der Waals surface area contributed by atoms with Gasteiger partial charge in [-0.3, -0.25) is 0 Å². The number of ether oxygens (including phenoxy) is 1. The Hall–Kier alpha value is -0.100. The maximum Gasteiger partial charge on any atom is 0.136 e. The van der Waals surface area contributed by atoms with E-state index in [1.807, 2.05) is 20.8 Å².